The van der Waals surface area contributed by atoms with Gasteiger partial charge in [-0.2, -0.15) is 0 Å². The van der Waals surface area contributed by atoms with Gasteiger partial charge < -0.3 is 20.6 Å². The second-order valence-corrected chi connectivity index (χ2v) is 9.31. The molecule has 5 rings (SSSR count). The maximum absolute atomic E-state index is 13.2. The highest BCUT2D eigenvalue weighted by Crippen LogP contribution is 2.42. The highest BCUT2D eigenvalue weighted by Gasteiger charge is 2.46. The van der Waals surface area contributed by atoms with Crippen LogP contribution in [-0.2, 0) is 28.2 Å². The zero-order chi connectivity index (χ0) is 26.0. The van der Waals surface area contributed by atoms with Crippen molar-refractivity contribution in [3.8, 4) is 5.75 Å². The molecule has 36 heavy (non-hydrogen) atoms. The summed E-state index contributed by atoms with van der Waals surface area (Å²) < 4.78 is 14.5. The standard InChI is InChI=1S/C25H30FN5O5/c1-3-30(4-2)23(36)21(34)29-25-11-9-16(10-12-25)14-31-22(35)19(32)18(28-24(25)31)20(33)27-13-15-5-7-17(26)8-6-15/h5-8,16,32H,3-4,9-14H2,1-2H3,(H,27,33)(H,29,34). The Morgan fingerprint density at radius 2 is 1.81 bits per heavy atom. The van der Waals surface area contributed by atoms with Crippen LogP contribution in [0.2, 0.25) is 0 Å². The van der Waals surface area contributed by atoms with Crippen molar-refractivity contribution in [2.75, 3.05) is 13.1 Å². The lowest BCUT2D eigenvalue weighted by Gasteiger charge is -2.37. The highest BCUT2D eigenvalue weighted by molar-refractivity contribution is 6.35. The molecule has 0 saturated heterocycles. The lowest BCUT2D eigenvalue weighted by atomic mass is 9.77. The van der Waals surface area contributed by atoms with Crippen molar-refractivity contribution in [2.45, 2.75) is 58.2 Å². The molecule has 3 amide bonds. The van der Waals surface area contributed by atoms with E-state index in [1.165, 1.54) is 33.7 Å². The third kappa shape index (κ3) is 4.69. The fraction of sp³-hybridized carbons (Fsp3) is 0.480. The highest BCUT2D eigenvalue weighted by atomic mass is 19.1. The van der Waals surface area contributed by atoms with Crippen LogP contribution in [0.4, 0.5) is 4.39 Å². The Labute approximate surface area is 207 Å². The molecule has 0 spiro atoms. The number of carbonyl (C=O) groups excluding carboxylic acids is 3. The lowest BCUT2D eigenvalue weighted by Crippen LogP contribution is -2.54. The molecule has 3 heterocycles. The normalized spacial score (nSPS) is 20.2. The van der Waals surface area contributed by atoms with Crippen molar-refractivity contribution >= 4 is 17.7 Å². The van der Waals surface area contributed by atoms with Crippen LogP contribution in [0.25, 0.3) is 0 Å². The zero-order valence-electron chi connectivity index (χ0n) is 20.3. The molecule has 3 N–H and O–H groups in total. The van der Waals surface area contributed by atoms with Crippen LogP contribution in [0, 0.1) is 11.7 Å². The van der Waals surface area contributed by atoms with Crippen LogP contribution in [0.15, 0.2) is 29.1 Å². The molecule has 0 unspecified atom stereocenters. The van der Waals surface area contributed by atoms with E-state index in [0.717, 1.165) is 0 Å². The van der Waals surface area contributed by atoms with Gasteiger partial charge in [0.25, 0.3) is 11.5 Å². The van der Waals surface area contributed by atoms with E-state index in [4.69, 9.17) is 0 Å². The van der Waals surface area contributed by atoms with Gasteiger partial charge in [-0.05, 0) is 63.1 Å². The molecule has 3 aliphatic rings. The van der Waals surface area contributed by atoms with Gasteiger partial charge >= 0.3 is 11.8 Å². The summed E-state index contributed by atoms with van der Waals surface area (Å²) in [5.41, 5.74) is -1.73. The van der Waals surface area contributed by atoms with Crippen LogP contribution >= 0.6 is 0 Å². The summed E-state index contributed by atoms with van der Waals surface area (Å²) >= 11 is 0. The molecule has 1 aliphatic carbocycles. The minimum absolute atomic E-state index is 0.0287. The molecule has 1 saturated carbocycles. The molecule has 1 aromatic carbocycles. The van der Waals surface area contributed by atoms with Crippen molar-refractivity contribution < 1.29 is 23.9 Å². The molecule has 0 radical (unpaired) electrons. The Balaban J connectivity index is 1.68. The summed E-state index contributed by atoms with van der Waals surface area (Å²) in [5.74, 6) is -3.13. The van der Waals surface area contributed by atoms with Crippen molar-refractivity contribution in [1.29, 1.82) is 0 Å². The number of amides is 3. The minimum Gasteiger partial charge on any atom is -0.501 e. The molecule has 0 atom stereocenters. The quantitative estimate of drug-likeness (QED) is 0.515. The van der Waals surface area contributed by atoms with Gasteiger partial charge in [0.05, 0.1) is 5.54 Å². The summed E-state index contributed by atoms with van der Waals surface area (Å²) in [6.45, 7) is 4.63. The Bertz CT molecular complexity index is 1230. The first-order chi connectivity index (χ1) is 17.2. The number of aromatic nitrogens is 2. The summed E-state index contributed by atoms with van der Waals surface area (Å²) in [7, 11) is 0. The van der Waals surface area contributed by atoms with E-state index in [1.807, 2.05) is 0 Å². The summed E-state index contributed by atoms with van der Waals surface area (Å²) in [5, 5.41) is 16.0. The van der Waals surface area contributed by atoms with Crippen molar-refractivity contribution in [3.63, 3.8) is 0 Å². The summed E-state index contributed by atoms with van der Waals surface area (Å²) in [6.07, 6.45) is 2.27. The maximum atomic E-state index is 13.2. The van der Waals surface area contributed by atoms with Gasteiger partial charge in [-0.1, -0.05) is 12.1 Å². The van der Waals surface area contributed by atoms with E-state index < -0.39 is 46.1 Å². The average Bonchev–Trinajstić information content (AvgIpc) is 3.12. The molecule has 2 bridgehead atoms. The predicted octanol–water partition coefficient (Wildman–Crippen LogP) is 1.40. The van der Waals surface area contributed by atoms with Crippen LogP contribution < -0.4 is 16.2 Å². The number of benzene rings is 1. The molecule has 2 aliphatic heterocycles. The van der Waals surface area contributed by atoms with Crippen molar-refractivity contribution in [1.82, 2.24) is 25.1 Å². The number of fused-ring (bicyclic) bond motifs is 2. The summed E-state index contributed by atoms with van der Waals surface area (Å²) in [6, 6.07) is 5.53. The topological polar surface area (TPSA) is 134 Å². The molecule has 2 aromatic rings. The van der Waals surface area contributed by atoms with Gasteiger partial charge in [-0.3, -0.25) is 23.7 Å². The zero-order valence-corrected chi connectivity index (χ0v) is 20.3. The Hall–Kier alpha value is -3.76. The van der Waals surface area contributed by atoms with Gasteiger partial charge in [0, 0.05) is 26.2 Å². The fourth-order valence-corrected chi connectivity index (χ4v) is 5.05. The maximum Gasteiger partial charge on any atom is 0.311 e. The van der Waals surface area contributed by atoms with Gasteiger partial charge in [0.1, 0.15) is 11.6 Å². The largest absolute Gasteiger partial charge is 0.501 e. The number of aromatic hydroxyl groups is 1. The number of nitrogens with zero attached hydrogens (tertiary/aromatic N) is 3. The van der Waals surface area contributed by atoms with Crippen LogP contribution in [0.1, 0.15) is 61.4 Å². The first-order valence-electron chi connectivity index (χ1n) is 12.2. The van der Waals surface area contributed by atoms with E-state index in [-0.39, 0.29) is 18.3 Å². The van der Waals surface area contributed by atoms with Gasteiger partial charge in [-0.25, -0.2) is 9.37 Å². The SMILES string of the molecule is CCN(CC)C(=O)C(=O)NC12CCC(CC1)Cn1c2nc(C(=O)NCc2ccc(F)cc2)c(O)c1=O. The number of hydrogen-bond donors (Lipinski definition) is 3. The molecular formula is C25H30FN5O5. The smallest absolute Gasteiger partial charge is 0.311 e. The first kappa shape index (κ1) is 25.3. The van der Waals surface area contributed by atoms with Crippen LogP contribution in [0.3, 0.4) is 0 Å². The van der Waals surface area contributed by atoms with Gasteiger partial charge in [-0.15, -0.1) is 0 Å². The van der Waals surface area contributed by atoms with Crippen LogP contribution in [-0.4, -0.2) is 50.4 Å². The minimum atomic E-state index is -1.12. The number of nitrogens with one attached hydrogen (secondary N) is 2. The number of halogens is 1. The van der Waals surface area contributed by atoms with Crippen molar-refractivity contribution in [3.05, 3.63) is 57.5 Å². The van der Waals surface area contributed by atoms with E-state index in [9.17, 15) is 28.7 Å². The number of rotatable bonds is 6. The monoisotopic (exact) mass is 499 g/mol. The molecule has 11 heteroatoms. The first-order valence-corrected chi connectivity index (χ1v) is 12.2. The third-order valence-corrected chi connectivity index (χ3v) is 7.15. The Morgan fingerprint density at radius 3 is 2.42 bits per heavy atom. The predicted molar refractivity (Wildman–Crippen MR) is 127 cm³/mol. The number of carbonyl (C=O) groups is 3. The van der Waals surface area contributed by atoms with Gasteiger partial charge in [0.15, 0.2) is 5.69 Å². The fourth-order valence-electron chi connectivity index (χ4n) is 5.05. The van der Waals surface area contributed by atoms with E-state index in [2.05, 4.69) is 15.6 Å². The molecular weight excluding hydrogens is 469 g/mol. The molecule has 1 aromatic heterocycles. The molecule has 1 fully saturated rings. The van der Waals surface area contributed by atoms with Gasteiger partial charge in [0.2, 0.25) is 5.75 Å². The Morgan fingerprint density at radius 1 is 1.17 bits per heavy atom. The van der Waals surface area contributed by atoms with Crippen LogP contribution in [0.5, 0.6) is 5.75 Å². The third-order valence-electron chi connectivity index (χ3n) is 7.15. The second-order valence-electron chi connectivity index (χ2n) is 9.31. The van der Waals surface area contributed by atoms with E-state index in [0.29, 0.717) is 50.9 Å². The molecule has 10 nitrogen and oxygen atoms in total. The summed E-state index contributed by atoms with van der Waals surface area (Å²) in [4.78, 5) is 57.5. The Kier molecular flexibility index (Phi) is 7.09. The van der Waals surface area contributed by atoms with Crippen molar-refractivity contribution in [2.24, 2.45) is 5.92 Å². The van der Waals surface area contributed by atoms with E-state index >= 15 is 0 Å². The molecule has 192 valence electrons. The average molecular weight is 500 g/mol. The van der Waals surface area contributed by atoms with E-state index in [1.54, 1.807) is 13.8 Å². The number of hydrogen-bond acceptors (Lipinski definition) is 6. The second kappa shape index (κ2) is 10.1. The number of likely N-dealkylation sites (N-methyl/N-ethyl adjacent to an activating group) is 1. The lowest BCUT2D eigenvalue weighted by molar-refractivity contribution is -0.147.